The van der Waals surface area contributed by atoms with E-state index < -0.39 is 0 Å². The van der Waals surface area contributed by atoms with Gasteiger partial charge in [-0.2, -0.15) is 0 Å². The van der Waals surface area contributed by atoms with Gasteiger partial charge in [-0.05, 0) is 19.1 Å². The highest BCUT2D eigenvalue weighted by Gasteiger charge is 2.03. The fraction of sp³-hybridized carbons (Fsp3) is 0.286. The van der Waals surface area contributed by atoms with E-state index >= 15 is 0 Å². The number of H-pyrrole nitrogens is 1. The quantitative estimate of drug-likeness (QED) is 0.512. The van der Waals surface area contributed by atoms with Crippen molar-refractivity contribution in [2.45, 2.75) is 6.92 Å². The summed E-state index contributed by atoms with van der Waals surface area (Å²) in [6.07, 6.45) is 0.590. The molecule has 1 aromatic rings. The average molecular weight is 184 g/mol. The molecular formula is C7H8N2O2S. The summed E-state index contributed by atoms with van der Waals surface area (Å²) in [5.41, 5.74) is 0.407. The number of aldehydes is 1. The predicted molar refractivity (Wildman–Crippen MR) is 47.0 cm³/mol. The molecule has 12 heavy (non-hydrogen) atoms. The van der Waals surface area contributed by atoms with E-state index in [0.717, 1.165) is 0 Å². The molecule has 0 saturated carbocycles. The number of carbonyl (C=O) groups is 1. The van der Waals surface area contributed by atoms with Gasteiger partial charge >= 0.3 is 0 Å². The molecule has 64 valence electrons. The van der Waals surface area contributed by atoms with Crippen molar-refractivity contribution in [2.24, 2.45) is 7.05 Å². The Labute approximate surface area is 73.9 Å². The zero-order valence-electron chi connectivity index (χ0n) is 6.75. The van der Waals surface area contributed by atoms with Crippen molar-refractivity contribution in [3.05, 3.63) is 26.4 Å². The molecule has 4 nitrogen and oxygen atoms in total. The first-order chi connectivity index (χ1) is 5.57. The summed E-state index contributed by atoms with van der Waals surface area (Å²) < 4.78 is 1.55. The van der Waals surface area contributed by atoms with E-state index in [9.17, 15) is 9.59 Å². The Morgan fingerprint density at radius 3 is 2.67 bits per heavy atom. The fourth-order valence-electron chi connectivity index (χ4n) is 0.870. The van der Waals surface area contributed by atoms with Crippen LogP contribution in [0.4, 0.5) is 0 Å². The number of rotatable bonds is 1. The lowest BCUT2D eigenvalue weighted by Gasteiger charge is -2.01. The SMILES string of the molecule is Cc1c(C=O)[nH]c(=S)n(C)c1=O. The second-order valence-electron chi connectivity index (χ2n) is 2.45. The smallest absolute Gasteiger partial charge is 0.257 e. The average Bonchev–Trinajstić information content (AvgIpc) is 2.08. The van der Waals surface area contributed by atoms with E-state index in [4.69, 9.17) is 12.2 Å². The van der Waals surface area contributed by atoms with Gasteiger partial charge in [0.2, 0.25) is 0 Å². The Morgan fingerprint density at radius 1 is 1.58 bits per heavy atom. The van der Waals surface area contributed by atoms with Crippen LogP contribution in [0.5, 0.6) is 0 Å². The molecule has 0 saturated heterocycles. The summed E-state index contributed by atoms with van der Waals surface area (Å²) >= 11 is 4.80. The molecule has 0 aliphatic rings. The number of hydrogen-bond acceptors (Lipinski definition) is 3. The molecule has 0 aliphatic heterocycles. The monoisotopic (exact) mass is 184 g/mol. The van der Waals surface area contributed by atoms with Gasteiger partial charge in [0.25, 0.3) is 5.56 Å². The van der Waals surface area contributed by atoms with Gasteiger partial charge in [0.1, 0.15) is 0 Å². The second kappa shape index (κ2) is 3.02. The summed E-state index contributed by atoms with van der Waals surface area (Å²) in [6, 6.07) is 0. The number of carbonyl (C=O) groups excluding carboxylic acids is 1. The number of nitrogens with one attached hydrogen (secondary N) is 1. The van der Waals surface area contributed by atoms with Gasteiger partial charge in [0.05, 0.1) is 5.69 Å². The summed E-state index contributed by atoms with van der Waals surface area (Å²) in [7, 11) is 1.56. The minimum atomic E-state index is -0.235. The van der Waals surface area contributed by atoms with Crippen LogP contribution in [0, 0.1) is 11.7 Å². The van der Waals surface area contributed by atoms with Crippen LogP contribution < -0.4 is 5.56 Å². The van der Waals surface area contributed by atoms with Crippen molar-refractivity contribution < 1.29 is 4.79 Å². The van der Waals surface area contributed by atoms with Gasteiger partial charge < -0.3 is 4.98 Å². The van der Waals surface area contributed by atoms with Crippen LogP contribution in [0.1, 0.15) is 16.1 Å². The Bertz CT molecular complexity index is 430. The van der Waals surface area contributed by atoms with Crippen LogP contribution in [0.25, 0.3) is 0 Å². The van der Waals surface area contributed by atoms with Gasteiger partial charge in [-0.1, -0.05) is 0 Å². The van der Waals surface area contributed by atoms with E-state index in [-0.39, 0.29) is 16.0 Å². The normalized spacial score (nSPS) is 9.83. The zero-order valence-corrected chi connectivity index (χ0v) is 7.57. The summed E-state index contributed by atoms with van der Waals surface area (Å²) in [5, 5.41) is 0. The maximum Gasteiger partial charge on any atom is 0.257 e. The lowest BCUT2D eigenvalue weighted by molar-refractivity contribution is 0.111. The molecule has 1 aromatic heterocycles. The van der Waals surface area contributed by atoms with Crippen LogP contribution in [0.2, 0.25) is 0 Å². The summed E-state index contributed by atoms with van der Waals surface area (Å²) in [5.74, 6) is 0. The second-order valence-corrected chi connectivity index (χ2v) is 2.84. The van der Waals surface area contributed by atoms with Crippen LogP contribution >= 0.6 is 12.2 Å². The molecule has 5 heteroatoms. The highest BCUT2D eigenvalue weighted by Crippen LogP contribution is 1.93. The topological polar surface area (TPSA) is 54.9 Å². The van der Waals surface area contributed by atoms with E-state index in [1.54, 1.807) is 14.0 Å². The van der Waals surface area contributed by atoms with Crippen LogP contribution in [0.15, 0.2) is 4.79 Å². The Morgan fingerprint density at radius 2 is 2.17 bits per heavy atom. The molecule has 0 unspecified atom stereocenters. The van der Waals surface area contributed by atoms with Crippen molar-refractivity contribution >= 4 is 18.5 Å². The summed E-state index contributed by atoms with van der Waals surface area (Å²) in [6.45, 7) is 1.58. The first kappa shape index (κ1) is 8.86. The van der Waals surface area contributed by atoms with Gasteiger partial charge in [-0.15, -0.1) is 0 Å². The van der Waals surface area contributed by atoms with Crippen molar-refractivity contribution in [1.29, 1.82) is 0 Å². The lowest BCUT2D eigenvalue weighted by atomic mass is 10.3. The summed E-state index contributed by atoms with van der Waals surface area (Å²) in [4.78, 5) is 24.3. The maximum absolute atomic E-state index is 11.3. The molecule has 0 spiro atoms. The van der Waals surface area contributed by atoms with Gasteiger partial charge in [0, 0.05) is 12.6 Å². The predicted octanol–water partition coefficient (Wildman–Crippen LogP) is 0.564. The first-order valence-corrected chi connectivity index (χ1v) is 3.74. The first-order valence-electron chi connectivity index (χ1n) is 3.33. The molecule has 0 aromatic carbocycles. The molecular weight excluding hydrogens is 176 g/mol. The number of aromatic nitrogens is 2. The minimum absolute atomic E-state index is 0.235. The largest absolute Gasteiger partial charge is 0.329 e. The molecule has 1 rings (SSSR count). The van der Waals surface area contributed by atoms with E-state index in [0.29, 0.717) is 11.8 Å². The molecule has 0 amide bonds. The van der Waals surface area contributed by atoms with Crippen molar-refractivity contribution in [3.8, 4) is 0 Å². The molecule has 1 heterocycles. The van der Waals surface area contributed by atoms with Crippen LogP contribution in [-0.4, -0.2) is 15.8 Å². The minimum Gasteiger partial charge on any atom is -0.329 e. The Hall–Kier alpha value is -1.23. The van der Waals surface area contributed by atoms with Crippen molar-refractivity contribution in [2.75, 3.05) is 0 Å². The van der Waals surface area contributed by atoms with Crippen LogP contribution in [0.3, 0.4) is 0 Å². The number of aromatic amines is 1. The lowest BCUT2D eigenvalue weighted by Crippen LogP contribution is -2.23. The van der Waals surface area contributed by atoms with E-state index in [1.165, 1.54) is 4.57 Å². The molecule has 0 bridgehead atoms. The third-order valence-electron chi connectivity index (χ3n) is 1.69. The van der Waals surface area contributed by atoms with Gasteiger partial charge in [-0.3, -0.25) is 14.2 Å². The third-order valence-corrected chi connectivity index (χ3v) is 2.07. The molecule has 0 fully saturated rings. The molecule has 0 atom stereocenters. The fourth-order valence-corrected chi connectivity index (χ4v) is 1.06. The Kier molecular flexibility index (Phi) is 2.23. The molecule has 1 N–H and O–H groups in total. The third kappa shape index (κ3) is 1.23. The van der Waals surface area contributed by atoms with E-state index in [1.807, 2.05) is 0 Å². The van der Waals surface area contributed by atoms with Crippen molar-refractivity contribution in [1.82, 2.24) is 9.55 Å². The Balaban J connectivity index is 3.73. The highest BCUT2D eigenvalue weighted by molar-refractivity contribution is 7.71. The number of nitrogens with zero attached hydrogens (tertiary/aromatic N) is 1. The van der Waals surface area contributed by atoms with Crippen molar-refractivity contribution in [3.63, 3.8) is 0 Å². The highest BCUT2D eigenvalue weighted by atomic mass is 32.1. The van der Waals surface area contributed by atoms with Gasteiger partial charge in [0.15, 0.2) is 11.1 Å². The standard InChI is InChI=1S/C7H8N2O2S/c1-4-5(3-10)8-7(12)9(2)6(4)11/h3H,1-2H3,(H,8,12). The zero-order chi connectivity index (χ0) is 9.30. The molecule has 0 radical (unpaired) electrons. The molecule has 0 aliphatic carbocycles. The van der Waals surface area contributed by atoms with Gasteiger partial charge in [-0.25, -0.2) is 0 Å². The number of hydrogen-bond donors (Lipinski definition) is 1. The van der Waals surface area contributed by atoms with Crippen LogP contribution in [-0.2, 0) is 7.05 Å². The van der Waals surface area contributed by atoms with E-state index in [2.05, 4.69) is 4.98 Å². The maximum atomic E-state index is 11.3.